The summed E-state index contributed by atoms with van der Waals surface area (Å²) < 4.78 is 110. The molecule has 0 heterocycles. The number of rotatable bonds is 8. The Hall–Kier alpha value is -2.33. The molecule has 2 aromatic rings. The minimum atomic E-state index is -5.18. The number of benzene rings is 2. The first-order chi connectivity index (χ1) is 17.9. The third-order valence-electron chi connectivity index (χ3n) is 8.02. The second-order valence-corrected chi connectivity index (χ2v) is 12.3. The van der Waals surface area contributed by atoms with Crippen molar-refractivity contribution >= 4 is 15.6 Å². The van der Waals surface area contributed by atoms with E-state index < -0.39 is 62.6 Å². The predicted octanol–water partition coefficient (Wildman–Crippen LogP) is 5.95. The number of sulfone groups is 1. The molecule has 0 saturated heterocycles. The summed E-state index contributed by atoms with van der Waals surface area (Å²) in [6.07, 6.45) is -5.14. The highest BCUT2D eigenvalue weighted by Crippen LogP contribution is 2.60. The summed E-state index contributed by atoms with van der Waals surface area (Å²) in [7, 11) is -4.27. The van der Waals surface area contributed by atoms with Crippen molar-refractivity contribution < 1.29 is 43.0 Å². The second kappa shape index (κ2) is 9.76. The zero-order chi connectivity index (χ0) is 29.0. The van der Waals surface area contributed by atoms with Crippen LogP contribution in [0.5, 0.6) is 0 Å². The van der Waals surface area contributed by atoms with Crippen LogP contribution in [0.3, 0.4) is 0 Å². The Morgan fingerprint density at radius 3 is 2.43 bits per heavy atom. The van der Waals surface area contributed by atoms with Gasteiger partial charge in [-0.3, -0.25) is 4.79 Å². The maximum Gasteiger partial charge on any atom is 0.426 e. The van der Waals surface area contributed by atoms with Gasteiger partial charge >= 0.3 is 6.18 Å². The van der Waals surface area contributed by atoms with Crippen molar-refractivity contribution in [3.63, 3.8) is 0 Å². The number of aliphatic hydroxyl groups is 1. The molecule has 0 bridgehead atoms. The van der Waals surface area contributed by atoms with Gasteiger partial charge in [-0.15, -0.1) is 0 Å². The lowest BCUT2D eigenvalue weighted by atomic mass is 9.72. The first-order valence-electron chi connectivity index (χ1n) is 13.0. The molecule has 1 unspecified atom stereocenters. The fourth-order valence-corrected chi connectivity index (χ4v) is 8.59. The van der Waals surface area contributed by atoms with Gasteiger partial charge in [0.25, 0.3) is 0 Å². The summed E-state index contributed by atoms with van der Waals surface area (Å²) in [5.41, 5.74) is -3.75. The van der Waals surface area contributed by atoms with E-state index in [9.17, 15) is 40.3 Å². The van der Waals surface area contributed by atoms with Crippen molar-refractivity contribution in [2.24, 2.45) is 11.8 Å². The van der Waals surface area contributed by atoms with Crippen LogP contribution in [-0.4, -0.2) is 32.0 Å². The number of fused-ring (bicyclic) bond motifs is 3. The quantitative estimate of drug-likeness (QED) is 0.328. The van der Waals surface area contributed by atoms with Crippen LogP contribution in [0.2, 0.25) is 0 Å². The van der Waals surface area contributed by atoms with E-state index in [2.05, 4.69) is 0 Å². The zero-order valence-electron chi connectivity index (χ0n) is 22.1. The van der Waals surface area contributed by atoms with Crippen LogP contribution in [0, 0.1) is 17.7 Å². The third kappa shape index (κ3) is 4.60. The Kier molecular flexibility index (Phi) is 6.59. The molecule has 0 radical (unpaired) electrons. The summed E-state index contributed by atoms with van der Waals surface area (Å²) >= 11 is 0. The highest BCUT2D eigenvalue weighted by Gasteiger charge is 2.61. The van der Waals surface area contributed by atoms with Gasteiger partial charge in [-0.05, 0) is 91.8 Å². The standard InChI is InChI=1S/C27H29F5O4S/c1-25(29,27(30,31)32)19-5-11-24-17(15-19)4-10-23-18(16-21(34)3-2-14-33)12-13-26(23,24)37(35,36)22-8-6-20(28)7-9-22/h5-9,11,15,18,23,33H,2-4,10,12-14,16H2,1H3/t18-,23-,25?,26-/m0/s1/i14D2. The first-order valence-corrected chi connectivity index (χ1v) is 13.5. The molecule has 1 saturated carbocycles. The fourth-order valence-electron chi connectivity index (χ4n) is 6.09. The molecule has 4 rings (SSSR count). The van der Waals surface area contributed by atoms with E-state index in [1.807, 2.05) is 0 Å². The normalized spacial score (nSPS) is 26.5. The molecule has 1 fully saturated rings. The molecule has 2 aromatic carbocycles. The molecule has 37 heavy (non-hydrogen) atoms. The van der Waals surface area contributed by atoms with Crippen molar-refractivity contribution in [1.82, 2.24) is 0 Å². The molecule has 1 N–H and O–H groups in total. The number of halogens is 5. The summed E-state index contributed by atoms with van der Waals surface area (Å²) in [5, 5.41) is 9.33. The summed E-state index contributed by atoms with van der Waals surface area (Å²) in [6.45, 7) is -2.11. The van der Waals surface area contributed by atoms with Crippen LogP contribution in [-0.2, 0) is 31.5 Å². The van der Waals surface area contributed by atoms with Crippen molar-refractivity contribution in [3.05, 3.63) is 65.0 Å². The molecule has 0 aliphatic heterocycles. The van der Waals surface area contributed by atoms with Crippen LogP contribution in [0.15, 0.2) is 47.4 Å². The number of hydrogen-bond acceptors (Lipinski definition) is 4. The van der Waals surface area contributed by atoms with Gasteiger partial charge in [0.15, 0.2) is 9.84 Å². The molecular weight excluding hydrogens is 515 g/mol. The Labute approximate surface area is 215 Å². The molecule has 2 aliphatic carbocycles. The molecule has 2 aliphatic rings. The van der Waals surface area contributed by atoms with Crippen molar-refractivity contribution in [1.29, 1.82) is 0 Å². The van der Waals surface area contributed by atoms with Crippen LogP contribution in [0.1, 0.15) is 64.9 Å². The SMILES string of the molecule is [2H]C([2H])(O)CCC(=O)C[C@@H]1CC[C@@]2(S(=O)(=O)c3ccc(F)cc3)c3ccc(C(C)(F)C(F)(F)F)cc3CC[C@@H]12. The van der Waals surface area contributed by atoms with Crippen molar-refractivity contribution in [3.8, 4) is 0 Å². The minimum Gasteiger partial charge on any atom is -0.396 e. The Morgan fingerprint density at radius 1 is 1.14 bits per heavy atom. The topological polar surface area (TPSA) is 71.4 Å². The van der Waals surface area contributed by atoms with E-state index in [0.717, 1.165) is 36.4 Å². The lowest BCUT2D eigenvalue weighted by Crippen LogP contribution is -2.45. The summed E-state index contributed by atoms with van der Waals surface area (Å²) in [4.78, 5) is 12.5. The second-order valence-electron chi connectivity index (χ2n) is 10.1. The lowest BCUT2D eigenvalue weighted by Gasteiger charge is -2.43. The van der Waals surface area contributed by atoms with E-state index in [1.54, 1.807) is 0 Å². The van der Waals surface area contributed by atoms with E-state index in [4.69, 9.17) is 2.74 Å². The maximum atomic E-state index is 14.8. The highest BCUT2D eigenvalue weighted by molar-refractivity contribution is 7.92. The number of Topliss-reactive ketones (excluding diaryl/α,β-unsaturated/α-hetero) is 1. The summed E-state index contributed by atoms with van der Waals surface area (Å²) in [5.74, 6) is -2.02. The lowest BCUT2D eigenvalue weighted by molar-refractivity contribution is -0.228. The van der Waals surface area contributed by atoms with Gasteiger partial charge in [-0.25, -0.2) is 17.2 Å². The van der Waals surface area contributed by atoms with Crippen molar-refractivity contribution in [2.45, 2.75) is 73.4 Å². The first kappa shape index (κ1) is 25.0. The van der Waals surface area contributed by atoms with Crippen LogP contribution < -0.4 is 0 Å². The van der Waals surface area contributed by atoms with Gasteiger partial charge in [0.05, 0.1) is 7.64 Å². The van der Waals surface area contributed by atoms with Crippen LogP contribution in [0.4, 0.5) is 22.0 Å². The Morgan fingerprint density at radius 2 is 1.81 bits per heavy atom. The molecular formula is C27H29F5O4S. The van der Waals surface area contributed by atoms with Crippen molar-refractivity contribution in [2.75, 3.05) is 6.56 Å². The molecule has 0 aromatic heterocycles. The average Bonchev–Trinajstić information content (AvgIpc) is 3.21. The zero-order valence-corrected chi connectivity index (χ0v) is 20.9. The summed E-state index contributed by atoms with van der Waals surface area (Å²) in [6, 6.07) is 7.53. The predicted molar refractivity (Wildman–Crippen MR) is 127 cm³/mol. The van der Waals surface area contributed by atoms with E-state index in [-0.39, 0.29) is 53.9 Å². The van der Waals surface area contributed by atoms with E-state index in [1.165, 1.54) is 6.07 Å². The van der Waals surface area contributed by atoms with Gasteiger partial charge in [0.2, 0.25) is 5.67 Å². The molecule has 202 valence electrons. The Balaban J connectivity index is 1.80. The van der Waals surface area contributed by atoms with Gasteiger partial charge in [0.1, 0.15) is 16.3 Å². The molecule has 0 amide bonds. The Bertz CT molecular complexity index is 1350. The minimum absolute atomic E-state index is 0.0501. The van der Waals surface area contributed by atoms with E-state index >= 15 is 0 Å². The number of carbonyl (C=O) groups is 1. The highest BCUT2D eigenvalue weighted by atomic mass is 32.2. The number of ketones is 1. The fraction of sp³-hybridized carbons (Fsp3) is 0.519. The third-order valence-corrected chi connectivity index (χ3v) is 10.6. The number of aryl methyl sites for hydroxylation is 1. The smallest absolute Gasteiger partial charge is 0.396 e. The maximum absolute atomic E-state index is 14.8. The largest absolute Gasteiger partial charge is 0.426 e. The van der Waals surface area contributed by atoms with Crippen LogP contribution in [0.25, 0.3) is 0 Å². The van der Waals surface area contributed by atoms with Gasteiger partial charge in [0, 0.05) is 19.4 Å². The van der Waals surface area contributed by atoms with Crippen LogP contribution >= 0.6 is 0 Å². The van der Waals surface area contributed by atoms with Gasteiger partial charge < -0.3 is 5.11 Å². The molecule has 4 nitrogen and oxygen atoms in total. The van der Waals surface area contributed by atoms with Gasteiger partial charge in [-0.2, -0.15) is 13.2 Å². The number of hydrogen-bond donors (Lipinski definition) is 1. The average molecular weight is 547 g/mol. The monoisotopic (exact) mass is 546 g/mol. The molecule has 0 spiro atoms. The molecule has 4 atom stereocenters. The molecule has 10 heteroatoms. The number of alkyl halides is 4. The van der Waals surface area contributed by atoms with Gasteiger partial charge in [-0.1, -0.05) is 18.2 Å². The number of carbonyl (C=O) groups excluding carboxylic acids is 1. The van der Waals surface area contributed by atoms with E-state index in [0.29, 0.717) is 13.3 Å².